The van der Waals surface area contributed by atoms with E-state index in [1.165, 1.54) is 0 Å². The van der Waals surface area contributed by atoms with Crippen LogP contribution in [0.2, 0.25) is 0 Å². The number of aromatic nitrogens is 1. The lowest BCUT2D eigenvalue weighted by Gasteiger charge is -2.10. The number of para-hydroxylation sites is 1. The summed E-state index contributed by atoms with van der Waals surface area (Å²) in [6.45, 7) is 0.493. The van der Waals surface area contributed by atoms with Gasteiger partial charge in [-0.1, -0.05) is 18.2 Å². The first-order valence-corrected chi connectivity index (χ1v) is 6.09. The van der Waals surface area contributed by atoms with Crippen molar-refractivity contribution in [1.82, 2.24) is 4.98 Å². The van der Waals surface area contributed by atoms with Crippen molar-refractivity contribution < 1.29 is 4.74 Å². The molecule has 0 saturated heterocycles. The molecule has 2 rings (SSSR count). The third kappa shape index (κ3) is 2.97. The molecule has 0 aliphatic rings. The van der Waals surface area contributed by atoms with Crippen molar-refractivity contribution in [2.75, 3.05) is 12.4 Å². The molecule has 2 aromatic rings. The van der Waals surface area contributed by atoms with Gasteiger partial charge in [-0.25, -0.2) is 4.98 Å². The Hall–Kier alpha value is -1.55. The van der Waals surface area contributed by atoms with Gasteiger partial charge in [0.05, 0.1) is 4.47 Å². The predicted molar refractivity (Wildman–Crippen MR) is 72.3 cm³/mol. The zero-order valence-corrected chi connectivity index (χ0v) is 11.1. The van der Waals surface area contributed by atoms with Crippen LogP contribution >= 0.6 is 15.9 Å². The summed E-state index contributed by atoms with van der Waals surface area (Å²) in [5.41, 5.74) is 1.03. The van der Waals surface area contributed by atoms with Gasteiger partial charge in [-0.15, -0.1) is 0 Å². The third-order valence-corrected chi connectivity index (χ3v) is 3.00. The van der Waals surface area contributed by atoms with Crippen LogP contribution in [0.3, 0.4) is 0 Å². The quantitative estimate of drug-likeness (QED) is 0.937. The summed E-state index contributed by atoms with van der Waals surface area (Å²) in [7, 11) is 1.85. The van der Waals surface area contributed by atoms with Crippen molar-refractivity contribution in [3.63, 3.8) is 0 Å². The maximum absolute atomic E-state index is 5.74. The minimum Gasteiger partial charge on any atom is -0.488 e. The maximum Gasteiger partial charge on any atom is 0.133 e. The summed E-state index contributed by atoms with van der Waals surface area (Å²) in [6, 6.07) is 11.7. The molecule has 0 aliphatic heterocycles. The van der Waals surface area contributed by atoms with Gasteiger partial charge in [-0.2, -0.15) is 0 Å². The highest BCUT2D eigenvalue weighted by Crippen LogP contribution is 2.25. The second kappa shape index (κ2) is 5.68. The maximum atomic E-state index is 5.74. The number of pyridine rings is 1. The Kier molecular flexibility index (Phi) is 3.98. The van der Waals surface area contributed by atoms with Gasteiger partial charge in [0.2, 0.25) is 0 Å². The molecule has 0 unspecified atom stereocenters. The molecule has 0 spiro atoms. The van der Waals surface area contributed by atoms with E-state index < -0.39 is 0 Å². The fourth-order valence-electron chi connectivity index (χ4n) is 1.50. The van der Waals surface area contributed by atoms with Crippen LogP contribution in [0.1, 0.15) is 5.56 Å². The monoisotopic (exact) mass is 292 g/mol. The van der Waals surface area contributed by atoms with Gasteiger partial charge < -0.3 is 10.1 Å². The van der Waals surface area contributed by atoms with Crippen LogP contribution < -0.4 is 10.1 Å². The Morgan fingerprint density at radius 1 is 1.24 bits per heavy atom. The van der Waals surface area contributed by atoms with Gasteiger partial charge in [-0.3, -0.25) is 0 Å². The Morgan fingerprint density at radius 3 is 2.82 bits per heavy atom. The molecule has 0 radical (unpaired) electrons. The molecule has 1 N–H and O–H groups in total. The molecule has 17 heavy (non-hydrogen) atoms. The average Bonchev–Trinajstić information content (AvgIpc) is 2.38. The van der Waals surface area contributed by atoms with Gasteiger partial charge in [0.15, 0.2) is 0 Å². The van der Waals surface area contributed by atoms with Gasteiger partial charge in [0, 0.05) is 18.8 Å². The molecular weight excluding hydrogens is 280 g/mol. The average molecular weight is 293 g/mol. The fourth-order valence-corrected chi connectivity index (χ4v) is 1.90. The van der Waals surface area contributed by atoms with Crippen molar-refractivity contribution in [3.05, 3.63) is 52.6 Å². The summed E-state index contributed by atoms with van der Waals surface area (Å²) < 4.78 is 6.69. The SMILES string of the molecule is CNc1ncccc1COc1ccccc1Br. The number of nitrogens with zero attached hydrogens (tertiary/aromatic N) is 1. The number of halogens is 1. The molecule has 0 amide bonds. The van der Waals surface area contributed by atoms with E-state index in [1.807, 2.05) is 43.4 Å². The molecular formula is C13H13BrN2O. The summed E-state index contributed by atoms with van der Waals surface area (Å²) in [4.78, 5) is 4.23. The highest BCUT2D eigenvalue weighted by Gasteiger charge is 2.04. The lowest BCUT2D eigenvalue weighted by molar-refractivity contribution is 0.304. The van der Waals surface area contributed by atoms with Gasteiger partial charge >= 0.3 is 0 Å². The molecule has 0 bridgehead atoms. The van der Waals surface area contributed by atoms with Crippen molar-refractivity contribution in [2.45, 2.75) is 6.61 Å². The summed E-state index contributed by atoms with van der Waals surface area (Å²) in [6.07, 6.45) is 1.76. The molecule has 0 atom stereocenters. The van der Waals surface area contributed by atoms with Gasteiger partial charge in [0.25, 0.3) is 0 Å². The lowest BCUT2D eigenvalue weighted by Crippen LogP contribution is -2.02. The van der Waals surface area contributed by atoms with Crippen LogP contribution in [-0.4, -0.2) is 12.0 Å². The Bertz CT molecular complexity index is 502. The number of ether oxygens (including phenoxy) is 1. The first-order valence-electron chi connectivity index (χ1n) is 5.30. The zero-order valence-electron chi connectivity index (χ0n) is 9.48. The van der Waals surface area contributed by atoms with Crippen molar-refractivity contribution >= 4 is 21.7 Å². The van der Waals surface area contributed by atoms with Crippen LogP contribution in [0.25, 0.3) is 0 Å². The number of hydrogen-bond acceptors (Lipinski definition) is 3. The first kappa shape index (κ1) is 11.9. The highest BCUT2D eigenvalue weighted by atomic mass is 79.9. The molecule has 1 aromatic heterocycles. The van der Waals surface area contributed by atoms with E-state index in [0.29, 0.717) is 6.61 Å². The molecule has 88 valence electrons. The smallest absolute Gasteiger partial charge is 0.133 e. The van der Waals surface area contributed by atoms with Crippen LogP contribution in [-0.2, 0) is 6.61 Å². The molecule has 0 fully saturated rings. The van der Waals surface area contributed by atoms with E-state index in [9.17, 15) is 0 Å². The highest BCUT2D eigenvalue weighted by molar-refractivity contribution is 9.10. The van der Waals surface area contributed by atoms with Crippen LogP contribution in [0.4, 0.5) is 5.82 Å². The number of anilines is 1. The minimum atomic E-state index is 0.493. The lowest BCUT2D eigenvalue weighted by atomic mass is 10.2. The van der Waals surface area contributed by atoms with Crippen LogP contribution in [0, 0.1) is 0 Å². The molecule has 4 heteroatoms. The van der Waals surface area contributed by atoms with E-state index >= 15 is 0 Å². The number of rotatable bonds is 4. The largest absolute Gasteiger partial charge is 0.488 e. The van der Waals surface area contributed by atoms with E-state index in [4.69, 9.17) is 4.74 Å². The van der Waals surface area contributed by atoms with E-state index in [0.717, 1.165) is 21.6 Å². The number of nitrogens with one attached hydrogen (secondary N) is 1. The minimum absolute atomic E-state index is 0.493. The van der Waals surface area contributed by atoms with Crippen molar-refractivity contribution in [3.8, 4) is 5.75 Å². The van der Waals surface area contributed by atoms with E-state index in [1.54, 1.807) is 6.20 Å². The summed E-state index contributed by atoms with van der Waals surface area (Å²) in [5, 5.41) is 3.04. The first-order chi connectivity index (χ1) is 8.31. The fraction of sp³-hybridized carbons (Fsp3) is 0.154. The normalized spacial score (nSPS) is 10.0. The van der Waals surface area contributed by atoms with E-state index in [2.05, 4.69) is 26.2 Å². The molecule has 1 heterocycles. The molecule has 3 nitrogen and oxygen atoms in total. The summed E-state index contributed by atoms with van der Waals surface area (Å²) in [5.74, 6) is 1.68. The molecule has 0 aliphatic carbocycles. The second-order valence-electron chi connectivity index (χ2n) is 3.48. The second-order valence-corrected chi connectivity index (χ2v) is 4.33. The number of benzene rings is 1. The predicted octanol–water partition coefficient (Wildman–Crippen LogP) is 3.46. The van der Waals surface area contributed by atoms with Gasteiger partial charge in [0.1, 0.15) is 18.2 Å². The molecule has 1 aromatic carbocycles. The van der Waals surface area contributed by atoms with Crippen molar-refractivity contribution in [2.24, 2.45) is 0 Å². The van der Waals surface area contributed by atoms with E-state index in [-0.39, 0.29) is 0 Å². The van der Waals surface area contributed by atoms with Crippen molar-refractivity contribution in [1.29, 1.82) is 0 Å². The molecule has 0 saturated carbocycles. The zero-order chi connectivity index (χ0) is 12.1. The van der Waals surface area contributed by atoms with Crippen LogP contribution in [0.5, 0.6) is 5.75 Å². The number of hydrogen-bond donors (Lipinski definition) is 1. The standard InChI is InChI=1S/C13H13BrN2O/c1-15-13-10(5-4-8-16-13)9-17-12-7-3-2-6-11(12)14/h2-8H,9H2,1H3,(H,15,16). The summed E-state index contributed by atoms with van der Waals surface area (Å²) >= 11 is 3.45. The third-order valence-electron chi connectivity index (χ3n) is 2.35. The Morgan fingerprint density at radius 2 is 2.06 bits per heavy atom. The van der Waals surface area contributed by atoms with Crippen LogP contribution in [0.15, 0.2) is 47.1 Å². The Labute approximate surface area is 109 Å². The topological polar surface area (TPSA) is 34.2 Å². The Balaban J connectivity index is 2.10. The van der Waals surface area contributed by atoms with Gasteiger partial charge in [-0.05, 0) is 34.1 Å².